The molecule has 2 N–H and O–H groups in total. The molecule has 1 heterocycles. The molecule has 0 aliphatic carbocycles. The van der Waals surface area contributed by atoms with Gasteiger partial charge in [0.2, 0.25) is 5.91 Å². The van der Waals surface area contributed by atoms with E-state index >= 15 is 0 Å². The topological polar surface area (TPSA) is 55.6 Å². The fourth-order valence-corrected chi connectivity index (χ4v) is 1.92. The summed E-state index contributed by atoms with van der Waals surface area (Å²) in [6, 6.07) is 1.78. The van der Waals surface area contributed by atoms with E-state index in [0.29, 0.717) is 4.90 Å². The summed E-state index contributed by atoms with van der Waals surface area (Å²) in [4.78, 5) is 12.4. The lowest BCUT2D eigenvalue weighted by molar-refractivity contribution is -0.133. The van der Waals surface area contributed by atoms with Gasteiger partial charge in [0.05, 0.1) is 5.69 Å². The largest absolute Gasteiger partial charge is 0.486 e. The van der Waals surface area contributed by atoms with Crippen molar-refractivity contribution in [2.45, 2.75) is 25.2 Å². The molecule has 1 amide bonds. The predicted octanol–water partition coefficient (Wildman–Crippen LogP) is 1.83. The molecule has 1 aliphatic heterocycles. The first-order valence-electron chi connectivity index (χ1n) is 5.79. The Hall–Kier alpha value is -1.83. The van der Waals surface area contributed by atoms with Crippen molar-refractivity contribution in [3.63, 3.8) is 0 Å². The lowest BCUT2D eigenvalue weighted by atomic mass is 10.1. The third kappa shape index (κ3) is 2.84. The zero-order valence-corrected chi connectivity index (χ0v) is 10.4. The molecule has 8 heteroatoms. The minimum atomic E-state index is -4.63. The van der Waals surface area contributed by atoms with Crippen LogP contribution >= 0.6 is 0 Å². The van der Waals surface area contributed by atoms with Crippen molar-refractivity contribution in [2.75, 3.05) is 11.4 Å². The normalized spacial score (nSPS) is 23.1. The summed E-state index contributed by atoms with van der Waals surface area (Å²) in [7, 11) is 0. The van der Waals surface area contributed by atoms with Crippen molar-refractivity contribution in [2.24, 2.45) is 5.73 Å². The maximum absolute atomic E-state index is 13.2. The quantitative estimate of drug-likeness (QED) is 0.803. The van der Waals surface area contributed by atoms with Crippen LogP contribution in [0.5, 0.6) is 5.75 Å². The Morgan fingerprint density at radius 2 is 2.05 bits per heavy atom. The minimum Gasteiger partial charge on any atom is -0.486 e. The number of amides is 1. The van der Waals surface area contributed by atoms with Gasteiger partial charge >= 0.3 is 6.18 Å². The van der Waals surface area contributed by atoms with E-state index in [1.54, 1.807) is 0 Å². The van der Waals surface area contributed by atoms with Gasteiger partial charge in [0, 0.05) is 6.07 Å². The van der Waals surface area contributed by atoms with Crippen LogP contribution in [0.2, 0.25) is 0 Å². The number of hydrogen-bond donors (Lipinski definition) is 1. The third-order valence-electron chi connectivity index (χ3n) is 2.92. The second-order valence-corrected chi connectivity index (χ2v) is 4.50. The highest BCUT2D eigenvalue weighted by atomic mass is 19.4. The Morgan fingerprint density at radius 1 is 1.40 bits per heavy atom. The number of hydrogen-bond acceptors (Lipinski definition) is 3. The number of alkyl halides is 3. The second-order valence-electron chi connectivity index (χ2n) is 4.50. The van der Waals surface area contributed by atoms with Crippen LogP contribution in [-0.2, 0) is 4.79 Å². The molecule has 0 radical (unpaired) electrons. The van der Waals surface area contributed by atoms with Gasteiger partial charge in [-0.15, -0.1) is 0 Å². The number of benzene rings is 1. The molecular weight excluding hydrogens is 280 g/mol. The highest BCUT2D eigenvalue weighted by Gasteiger charge is 2.40. The molecule has 0 saturated carbocycles. The Kier molecular flexibility index (Phi) is 3.59. The first-order chi connectivity index (χ1) is 9.19. The monoisotopic (exact) mass is 292 g/mol. The molecule has 0 bridgehead atoms. The number of fused-ring (bicyclic) bond motifs is 1. The summed E-state index contributed by atoms with van der Waals surface area (Å²) in [6.07, 6.45) is -5.45. The molecule has 0 fully saturated rings. The van der Waals surface area contributed by atoms with Gasteiger partial charge < -0.3 is 10.5 Å². The van der Waals surface area contributed by atoms with Crippen molar-refractivity contribution in [1.82, 2.24) is 0 Å². The summed E-state index contributed by atoms with van der Waals surface area (Å²) in [6.45, 7) is -0.0845. The Balaban J connectivity index is 2.51. The highest BCUT2D eigenvalue weighted by molar-refractivity contribution is 5.99. The number of nitrogens with two attached hydrogens (primary N) is 1. The number of rotatable bonds is 1. The number of carbonyl (C=O) groups is 1. The van der Waals surface area contributed by atoms with Crippen molar-refractivity contribution in [3.8, 4) is 5.75 Å². The van der Waals surface area contributed by atoms with E-state index in [0.717, 1.165) is 12.1 Å². The summed E-state index contributed by atoms with van der Waals surface area (Å²) < 4.78 is 56.4. The smallest absolute Gasteiger partial charge is 0.406 e. The molecule has 1 aromatic rings. The zero-order chi connectivity index (χ0) is 15.1. The number of halogens is 4. The van der Waals surface area contributed by atoms with Crippen LogP contribution in [0.3, 0.4) is 0 Å². The Labute approximate surface area is 112 Å². The molecule has 2 rings (SSSR count). The summed E-state index contributed by atoms with van der Waals surface area (Å²) in [5, 5.41) is 0. The van der Waals surface area contributed by atoms with E-state index in [1.807, 2.05) is 0 Å². The lowest BCUT2D eigenvalue weighted by Gasteiger charge is -2.24. The molecule has 0 saturated heterocycles. The van der Waals surface area contributed by atoms with E-state index in [2.05, 4.69) is 0 Å². The fraction of sp³-hybridized carbons (Fsp3) is 0.417. The molecule has 0 aromatic heterocycles. The molecule has 0 spiro atoms. The number of ether oxygens (including phenoxy) is 1. The van der Waals surface area contributed by atoms with Gasteiger partial charge in [-0.1, -0.05) is 0 Å². The highest BCUT2D eigenvalue weighted by Crippen LogP contribution is 2.35. The molecule has 4 nitrogen and oxygen atoms in total. The van der Waals surface area contributed by atoms with Crippen LogP contribution in [0.4, 0.5) is 23.2 Å². The van der Waals surface area contributed by atoms with Gasteiger partial charge in [0.1, 0.15) is 30.3 Å². The van der Waals surface area contributed by atoms with Crippen LogP contribution in [0, 0.1) is 5.82 Å². The molecule has 110 valence electrons. The first-order valence-corrected chi connectivity index (χ1v) is 5.79. The van der Waals surface area contributed by atoms with Crippen molar-refractivity contribution >= 4 is 11.6 Å². The Bertz CT molecular complexity index is 533. The van der Waals surface area contributed by atoms with Crippen LogP contribution in [0.15, 0.2) is 18.2 Å². The third-order valence-corrected chi connectivity index (χ3v) is 2.92. The lowest BCUT2D eigenvalue weighted by Crippen LogP contribution is -2.51. The predicted molar refractivity (Wildman–Crippen MR) is 62.9 cm³/mol. The van der Waals surface area contributed by atoms with Crippen LogP contribution in [-0.4, -0.2) is 30.8 Å². The van der Waals surface area contributed by atoms with E-state index in [4.69, 9.17) is 10.5 Å². The van der Waals surface area contributed by atoms with Crippen LogP contribution < -0.4 is 15.4 Å². The second kappa shape index (κ2) is 4.93. The van der Waals surface area contributed by atoms with Gasteiger partial charge in [0.25, 0.3) is 0 Å². The van der Waals surface area contributed by atoms with E-state index in [-0.39, 0.29) is 11.4 Å². The average Bonchev–Trinajstić information content (AvgIpc) is 2.41. The van der Waals surface area contributed by atoms with Gasteiger partial charge in [-0.05, 0) is 19.1 Å². The molecule has 20 heavy (non-hydrogen) atoms. The van der Waals surface area contributed by atoms with Gasteiger partial charge in [0.15, 0.2) is 0 Å². The number of nitrogens with zero attached hydrogens (tertiary/aromatic N) is 1. The first kappa shape index (κ1) is 14.6. The van der Waals surface area contributed by atoms with E-state index in [9.17, 15) is 22.4 Å². The number of anilines is 1. The van der Waals surface area contributed by atoms with Gasteiger partial charge in [-0.3, -0.25) is 9.69 Å². The Morgan fingerprint density at radius 3 is 2.65 bits per heavy atom. The molecule has 2 atom stereocenters. The van der Waals surface area contributed by atoms with Crippen LogP contribution in [0.25, 0.3) is 0 Å². The van der Waals surface area contributed by atoms with E-state index < -0.39 is 36.6 Å². The zero-order valence-electron chi connectivity index (χ0n) is 10.4. The summed E-state index contributed by atoms with van der Waals surface area (Å²) in [5.41, 5.74) is 5.30. The van der Waals surface area contributed by atoms with Gasteiger partial charge in [-0.2, -0.15) is 13.2 Å². The number of carbonyl (C=O) groups excluding carboxylic acids is 1. The standard InChI is InChI=1S/C12H12F4N2O2/c1-6-10(17)11(19)18(5-12(14,15)16)8-4-7(13)2-3-9(8)20-6/h2-4,6,10H,5,17H2,1H3/t6-,10+/m1/s1. The maximum atomic E-state index is 13.2. The summed E-state index contributed by atoms with van der Waals surface area (Å²) in [5.74, 6) is -1.74. The van der Waals surface area contributed by atoms with Crippen molar-refractivity contribution in [3.05, 3.63) is 24.0 Å². The molecule has 1 aromatic carbocycles. The molecule has 1 aliphatic rings. The SMILES string of the molecule is C[C@H]1Oc2ccc(F)cc2N(CC(F)(F)F)C(=O)[C@H]1N. The minimum absolute atomic E-state index is 0.00977. The van der Waals surface area contributed by atoms with Crippen LogP contribution in [0.1, 0.15) is 6.92 Å². The van der Waals surface area contributed by atoms with Gasteiger partial charge in [-0.25, -0.2) is 4.39 Å². The van der Waals surface area contributed by atoms with Crippen molar-refractivity contribution < 1.29 is 27.1 Å². The average molecular weight is 292 g/mol. The maximum Gasteiger partial charge on any atom is 0.406 e. The molecule has 0 unspecified atom stereocenters. The summed E-state index contributed by atoms with van der Waals surface area (Å²) >= 11 is 0. The fourth-order valence-electron chi connectivity index (χ4n) is 1.92. The molecular formula is C12H12F4N2O2. The van der Waals surface area contributed by atoms with E-state index in [1.165, 1.54) is 13.0 Å². The van der Waals surface area contributed by atoms with Crippen molar-refractivity contribution in [1.29, 1.82) is 0 Å².